The van der Waals surface area contributed by atoms with Crippen LogP contribution in [0.3, 0.4) is 0 Å². The first kappa shape index (κ1) is 13.1. The lowest BCUT2D eigenvalue weighted by Gasteiger charge is -2.09. The number of fused-ring (bicyclic) bond motifs is 1. The van der Waals surface area contributed by atoms with E-state index < -0.39 is 0 Å². The van der Waals surface area contributed by atoms with Gasteiger partial charge in [0.25, 0.3) is 0 Å². The van der Waals surface area contributed by atoms with Crippen LogP contribution >= 0.6 is 0 Å². The Morgan fingerprint density at radius 1 is 1.21 bits per heavy atom. The van der Waals surface area contributed by atoms with E-state index in [1.54, 1.807) is 19.2 Å². The van der Waals surface area contributed by atoms with E-state index in [1.165, 1.54) is 6.92 Å². The maximum absolute atomic E-state index is 11.0. The van der Waals surface area contributed by atoms with E-state index in [9.17, 15) is 9.59 Å². The third-order valence-corrected chi connectivity index (χ3v) is 2.79. The molecule has 0 amide bonds. The van der Waals surface area contributed by atoms with Crippen molar-refractivity contribution < 1.29 is 19.1 Å². The fourth-order valence-electron chi connectivity index (χ4n) is 1.99. The second-order valence-electron chi connectivity index (χ2n) is 4.13. The number of methoxy groups -OCH3 is 1. The molecule has 0 unspecified atom stereocenters. The summed E-state index contributed by atoms with van der Waals surface area (Å²) in [6, 6.07) is 9.04. The van der Waals surface area contributed by atoms with Crippen LogP contribution in [0.4, 0.5) is 0 Å². The number of esters is 1. The van der Waals surface area contributed by atoms with Gasteiger partial charge in [-0.15, -0.1) is 0 Å². The molecule has 0 aliphatic carbocycles. The molecule has 19 heavy (non-hydrogen) atoms. The van der Waals surface area contributed by atoms with Crippen molar-refractivity contribution >= 4 is 23.0 Å². The lowest BCUT2D eigenvalue weighted by atomic mass is 10.0. The van der Waals surface area contributed by atoms with Gasteiger partial charge in [-0.05, 0) is 40.6 Å². The quantitative estimate of drug-likeness (QED) is 0.480. The number of ether oxygens (including phenoxy) is 2. The highest BCUT2D eigenvalue weighted by Crippen LogP contribution is 2.29. The van der Waals surface area contributed by atoms with Crippen LogP contribution in [0, 0.1) is 0 Å². The summed E-state index contributed by atoms with van der Waals surface area (Å²) in [5, 5.41) is 1.82. The van der Waals surface area contributed by atoms with Gasteiger partial charge in [-0.2, -0.15) is 0 Å². The third kappa shape index (κ3) is 2.91. The van der Waals surface area contributed by atoms with Gasteiger partial charge in [-0.25, -0.2) is 0 Å². The van der Waals surface area contributed by atoms with E-state index in [2.05, 4.69) is 0 Å². The molecule has 0 N–H and O–H groups in total. The van der Waals surface area contributed by atoms with Crippen LogP contribution in [0.15, 0.2) is 30.3 Å². The Hall–Kier alpha value is -2.36. The molecule has 0 spiro atoms. The van der Waals surface area contributed by atoms with Gasteiger partial charge in [0.15, 0.2) is 0 Å². The topological polar surface area (TPSA) is 52.6 Å². The van der Waals surface area contributed by atoms with Crippen molar-refractivity contribution in [2.75, 3.05) is 7.11 Å². The highest BCUT2D eigenvalue weighted by Gasteiger charge is 2.08. The van der Waals surface area contributed by atoms with Crippen LogP contribution in [0.25, 0.3) is 10.8 Å². The Morgan fingerprint density at radius 3 is 2.63 bits per heavy atom. The van der Waals surface area contributed by atoms with E-state index >= 15 is 0 Å². The van der Waals surface area contributed by atoms with Crippen LogP contribution in [-0.4, -0.2) is 19.4 Å². The van der Waals surface area contributed by atoms with E-state index in [0.29, 0.717) is 5.75 Å². The minimum Gasteiger partial charge on any atom is -0.497 e. The molecule has 2 aromatic rings. The maximum Gasteiger partial charge on any atom is 0.308 e. The zero-order valence-electron chi connectivity index (χ0n) is 10.8. The SMILES string of the molecule is COc1ccc2cc(OC(C)=O)cc(CC=O)c2c1. The molecular weight excluding hydrogens is 244 g/mol. The van der Waals surface area contributed by atoms with Crippen molar-refractivity contribution in [3.05, 3.63) is 35.9 Å². The molecule has 4 nitrogen and oxygen atoms in total. The largest absolute Gasteiger partial charge is 0.497 e. The molecule has 0 fully saturated rings. The Kier molecular flexibility index (Phi) is 3.80. The molecule has 0 saturated heterocycles. The van der Waals surface area contributed by atoms with Gasteiger partial charge in [0.1, 0.15) is 17.8 Å². The van der Waals surface area contributed by atoms with Crippen molar-refractivity contribution in [1.29, 1.82) is 0 Å². The number of hydrogen-bond acceptors (Lipinski definition) is 4. The fourth-order valence-corrected chi connectivity index (χ4v) is 1.99. The van der Waals surface area contributed by atoms with Crippen molar-refractivity contribution in [1.82, 2.24) is 0 Å². The van der Waals surface area contributed by atoms with E-state index in [1.807, 2.05) is 18.2 Å². The van der Waals surface area contributed by atoms with Crippen LogP contribution < -0.4 is 9.47 Å². The Morgan fingerprint density at radius 2 is 2.00 bits per heavy atom. The maximum atomic E-state index is 11.0. The predicted molar refractivity (Wildman–Crippen MR) is 71.6 cm³/mol. The minimum atomic E-state index is -0.384. The molecule has 0 saturated carbocycles. The molecule has 98 valence electrons. The van der Waals surface area contributed by atoms with Gasteiger partial charge < -0.3 is 14.3 Å². The average Bonchev–Trinajstić information content (AvgIpc) is 2.38. The summed E-state index contributed by atoms with van der Waals surface area (Å²) >= 11 is 0. The molecular formula is C15H14O4. The van der Waals surface area contributed by atoms with Gasteiger partial charge in [0.2, 0.25) is 0 Å². The summed E-state index contributed by atoms with van der Waals surface area (Å²) in [7, 11) is 1.59. The lowest BCUT2D eigenvalue weighted by molar-refractivity contribution is -0.131. The van der Waals surface area contributed by atoms with Crippen molar-refractivity contribution in [3.63, 3.8) is 0 Å². The van der Waals surface area contributed by atoms with Gasteiger partial charge in [-0.1, -0.05) is 6.07 Å². The second-order valence-corrected chi connectivity index (χ2v) is 4.13. The summed E-state index contributed by atoms with van der Waals surface area (Å²) in [5.74, 6) is 0.784. The van der Waals surface area contributed by atoms with Gasteiger partial charge in [0.05, 0.1) is 7.11 Å². The highest BCUT2D eigenvalue weighted by atomic mass is 16.5. The Labute approximate surface area is 110 Å². The van der Waals surface area contributed by atoms with E-state index in [4.69, 9.17) is 9.47 Å². The number of benzene rings is 2. The molecule has 4 heteroatoms. The number of aldehydes is 1. The molecule has 0 aliphatic rings. The summed E-state index contributed by atoms with van der Waals surface area (Å²) in [6.45, 7) is 1.34. The van der Waals surface area contributed by atoms with E-state index in [-0.39, 0.29) is 12.4 Å². The second kappa shape index (κ2) is 5.52. The molecule has 0 aromatic heterocycles. The van der Waals surface area contributed by atoms with Gasteiger partial charge in [0, 0.05) is 13.3 Å². The van der Waals surface area contributed by atoms with Crippen LogP contribution in [0.1, 0.15) is 12.5 Å². The molecule has 2 rings (SSSR count). The average molecular weight is 258 g/mol. The smallest absolute Gasteiger partial charge is 0.308 e. The number of rotatable bonds is 4. The first-order valence-corrected chi connectivity index (χ1v) is 5.86. The standard InChI is InChI=1S/C15H14O4/c1-10(17)19-14-7-11-3-4-13(18-2)9-15(11)12(8-14)5-6-16/h3-4,6-9H,5H2,1-2H3. The zero-order chi connectivity index (χ0) is 13.8. The number of carbonyl (C=O) groups is 2. The minimum absolute atomic E-state index is 0.263. The monoisotopic (exact) mass is 258 g/mol. The first-order chi connectivity index (χ1) is 9.13. The summed E-state index contributed by atoms with van der Waals surface area (Å²) in [4.78, 5) is 21.8. The number of carbonyl (C=O) groups excluding carboxylic acids is 2. The Bertz CT molecular complexity index is 631. The normalized spacial score (nSPS) is 10.2. The lowest BCUT2D eigenvalue weighted by Crippen LogP contribution is -2.02. The molecule has 0 atom stereocenters. The van der Waals surface area contributed by atoms with Crippen molar-refractivity contribution in [3.8, 4) is 11.5 Å². The van der Waals surface area contributed by atoms with Crippen molar-refractivity contribution in [2.24, 2.45) is 0 Å². The summed E-state index contributed by atoms with van der Waals surface area (Å²) in [6.07, 6.45) is 1.09. The third-order valence-electron chi connectivity index (χ3n) is 2.79. The number of hydrogen-bond donors (Lipinski definition) is 0. The van der Waals surface area contributed by atoms with E-state index in [0.717, 1.165) is 28.4 Å². The molecule has 0 radical (unpaired) electrons. The summed E-state index contributed by atoms with van der Waals surface area (Å²) in [5.41, 5.74) is 0.808. The summed E-state index contributed by atoms with van der Waals surface area (Å²) < 4.78 is 10.3. The first-order valence-electron chi connectivity index (χ1n) is 5.86. The van der Waals surface area contributed by atoms with Crippen LogP contribution in [0.2, 0.25) is 0 Å². The molecule has 0 heterocycles. The van der Waals surface area contributed by atoms with Crippen LogP contribution in [0.5, 0.6) is 11.5 Å². The molecule has 2 aromatic carbocycles. The molecule has 0 bridgehead atoms. The fraction of sp³-hybridized carbons (Fsp3) is 0.200. The van der Waals surface area contributed by atoms with Crippen LogP contribution in [-0.2, 0) is 16.0 Å². The molecule has 0 aliphatic heterocycles. The zero-order valence-corrected chi connectivity index (χ0v) is 10.8. The predicted octanol–water partition coefficient (Wildman–Crippen LogP) is 2.52. The Balaban J connectivity index is 2.60. The van der Waals surface area contributed by atoms with Crippen molar-refractivity contribution in [2.45, 2.75) is 13.3 Å². The van der Waals surface area contributed by atoms with Gasteiger partial charge >= 0.3 is 5.97 Å². The highest BCUT2D eigenvalue weighted by molar-refractivity contribution is 5.90. The van der Waals surface area contributed by atoms with Gasteiger partial charge in [-0.3, -0.25) is 4.79 Å².